The Hall–Kier alpha value is -1.60. The number of benzene rings is 2. The van der Waals surface area contributed by atoms with Gasteiger partial charge in [0.05, 0.1) is 0 Å². The van der Waals surface area contributed by atoms with E-state index in [1.54, 1.807) is 11.1 Å². The molecule has 2 N–H and O–H groups in total. The van der Waals surface area contributed by atoms with Gasteiger partial charge in [-0.2, -0.15) is 0 Å². The Balaban J connectivity index is 0.000000704. The van der Waals surface area contributed by atoms with Crippen molar-refractivity contribution in [3.63, 3.8) is 0 Å². The van der Waals surface area contributed by atoms with E-state index in [-0.39, 0.29) is 0 Å². The second-order valence-corrected chi connectivity index (χ2v) is 5.45. The maximum atomic E-state index is 4.50. The molecule has 2 atom stereocenters. The lowest BCUT2D eigenvalue weighted by molar-refractivity contribution is 0.603. The number of hydrogen-bond acceptors (Lipinski definition) is 1. The summed E-state index contributed by atoms with van der Waals surface area (Å²) in [5.74, 6) is 1.49. The first-order valence-corrected chi connectivity index (χ1v) is 7.56. The van der Waals surface area contributed by atoms with Gasteiger partial charge < -0.3 is 5.73 Å². The minimum absolute atomic E-state index is 0.716. The highest BCUT2D eigenvalue weighted by Crippen LogP contribution is 2.44. The second kappa shape index (κ2) is 6.71. The fraction of sp³-hybridized carbons (Fsp3) is 0.368. The van der Waals surface area contributed by atoms with E-state index >= 15 is 0 Å². The van der Waals surface area contributed by atoms with Gasteiger partial charge in [0.2, 0.25) is 0 Å². The summed E-state index contributed by atoms with van der Waals surface area (Å²) in [6, 6.07) is 17.7. The average molecular weight is 267 g/mol. The Morgan fingerprint density at radius 1 is 0.950 bits per heavy atom. The van der Waals surface area contributed by atoms with E-state index in [4.69, 9.17) is 0 Å². The number of nitrogens with two attached hydrogens (primary N) is 1. The lowest BCUT2D eigenvalue weighted by Crippen LogP contribution is -1.90. The highest BCUT2D eigenvalue weighted by Gasteiger charge is 2.26. The summed E-state index contributed by atoms with van der Waals surface area (Å²) >= 11 is 0. The molecule has 1 aliphatic rings. The zero-order valence-electron chi connectivity index (χ0n) is 12.8. The molecule has 0 saturated carbocycles. The van der Waals surface area contributed by atoms with Gasteiger partial charge in [-0.1, -0.05) is 62.4 Å². The summed E-state index contributed by atoms with van der Waals surface area (Å²) < 4.78 is 0. The Morgan fingerprint density at radius 2 is 1.65 bits per heavy atom. The van der Waals surface area contributed by atoms with Crippen LogP contribution in [0.25, 0.3) is 11.1 Å². The minimum atomic E-state index is 0.716. The van der Waals surface area contributed by atoms with Gasteiger partial charge in [-0.25, -0.2) is 0 Å². The molecule has 1 aliphatic carbocycles. The molecule has 1 nitrogen and oxygen atoms in total. The molecular weight excluding hydrogens is 242 g/mol. The van der Waals surface area contributed by atoms with E-state index in [1.807, 2.05) is 0 Å². The molecule has 0 fully saturated rings. The van der Waals surface area contributed by atoms with E-state index in [0.29, 0.717) is 5.92 Å². The van der Waals surface area contributed by atoms with Crippen LogP contribution in [0.2, 0.25) is 0 Å². The fourth-order valence-electron chi connectivity index (χ4n) is 3.25. The predicted molar refractivity (Wildman–Crippen MR) is 88.1 cm³/mol. The molecule has 0 amide bonds. The van der Waals surface area contributed by atoms with E-state index in [1.165, 1.54) is 31.0 Å². The van der Waals surface area contributed by atoms with Crippen LogP contribution in [-0.4, -0.2) is 7.05 Å². The van der Waals surface area contributed by atoms with Crippen molar-refractivity contribution >= 4 is 0 Å². The highest BCUT2D eigenvalue weighted by molar-refractivity contribution is 5.65. The van der Waals surface area contributed by atoms with Crippen molar-refractivity contribution in [2.24, 2.45) is 5.73 Å². The molecule has 1 unspecified atom stereocenters. The van der Waals surface area contributed by atoms with E-state index in [2.05, 4.69) is 68.1 Å². The van der Waals surface area contributed by atoms with Gasteiger partial charge in [0.25, 0.3) is 0 Å². The molecule has 0 aromatic heterocycles. The van der Waals surface area contributed by atoms with Crippen LogP contribution in [-0.2, 0) is 0 Å². The zero-order valence-corrected chi connectivity index (χ0v) is 12.8. The molecule has 2 aromatic rings. The molecular formula is C19H25N. The standard InChI is InChI=1S/C18H20.CH5N/c1-3-14-11-13(2)18-12-16(9-10-17(14)18)15-7-5-4-6-8-15;1-2/h4-10,12-14H,3,11H2,1-2H3;2H2,1H3/t13-,14?;/m1./s1. The van der Waals surface area contributed by atoms with Gasteiger partial charge >= 0.3 is 0 Å². The van der Waals surface area contributed by atoms with Gasteiger partial charge in [0.15, 0.2) is 0 Å². The summed E-state index contributed by atoms with van der Waals surface area (Å²) in [5.41, 5.74) is 10.3. The monoisotopic (exact) mass is 267 g/mol. The van der Waals surface area contributed by atoms with Gasteiger partial charge in [-0.05, 0) is 54.0 Å². The molecule has 1 heteroatoms. The molecule has 3 rings (SSSR count). The first kappa shape index (κ1) is 14.8. The highest BCUT2D eigenvalue weighted by atomic mass is 14.4. The zero-order chi connectivity index (χ0) is 14.5. The van der Waals surface area contributed by atoms with Crippen molar-refractivity contribution in [1.82, 2.24) is 0 Å². The topological polar surface area (TPSA) is 26.0 Å². The van der Waals surface area contributed by atoms with Crippen molar-refractivity contribution in [3.8, 4) is 11.1 Å². The Morgan fingerprint density at radius 3 is 2.30 bits per heavy atom. The summed E-state index contributed by atoms with van der Waals surface area (Å²) in [6.45, 7) is 4.67. The van der Waals surface area contributed by atoms with Crippen LogP contribution in [0.3, 0.4) is 0 Å². The third kappa shape index (κ3) is 2.78. The fourth-order valence-corrected chi connectivity index (χ4v) is 3.25. The lowest BCUT2D eigenvalue weighted by Gasteiger charge is -2.10. The van der Waals surface area contributed by atoms with Gasteiger partial charge in [-0.3, -0.25) is 0 Å². The molecule has 106 valence electrons. The number of rotatable bonds is 2. The van der Waals surface area contributed by atoms with Gasteiger partial charge in [-0.15, -0.1) is 0 Å². The number of fused-ring (bicyclic) bond motifs is 1. The largest absolute Gasteiger partial charge is 0.333 e. The third-order valence-electron chi connectivity index (χ3n) is 4.30. The van der Waals surface area contributed by atoms with Crippen molar-refractivity contribution in [2.45, 2.75) is 38.5 Å². The van der Waals surface area contributed by atoms with Crippen molar-refractivity contribution in [2.75, 3.05) is 7.05 Å². The summed E-state index contributed by atoms with van der Waals surface area (Å²) in [7, 11) is 1.50. The molecule has 0 aliphatic heterocycles. The van der Waals surface area contributed by atoms with Crippen LogP contribution >= 0.6 is 0 Å². The van der Waals surface area contributed by atoms with Crippen LogP contribution in [0.5, 0.6) is 0 Å². The first-order chi connectivity index (χ1) is 9.79. The van der Waals surface area contributed by atoms with Crippen LogP contribution < -0.4 is 5.73 Å². The summed E-state index contributed by atoms with van der Waals surface area (Å²) in [6.07, 6.45) is 2.59. The molecule has 2 aromatic carbocycles. The molecule has 0 saturated heterocycles. The van der Waals surface area contributed by atoms with E-state index in [9.17, 15) is 0 Å². The molecule has 20 heavy (non-hydrogen) atoms. The Kier molecular flexibility index (Phi) is 4.97. The number of hydrogen-bond donors (Lipinski definition) is 1. The van der Waals surface area contributed by atoms with E-state index < -0.39 is 0 Å². The molecule has 0 spiro atoms. The minimum Gasteiger partial charge on any atom is -0.333 e. The van der Waals surface area contributed by atoms with Crippen molar-refractivity contribution in [1.29, 1.82) is 0 Å². The Labute approximate surface area is 122 Å². The van der Waals surface area contributed by atoms with Crippen LogP contribution in [0.1, 0.15) is 49.7 Å². The molecule has 0 radical (unpaired) electrons. The lowest BCUT2D eigenvalue weighted by atomic mass is 9.95. The quantitative estimate of drug-likeness (QED) is 0.820. The van der Waals surface area contributed by atoms with Crippen LogP contribution in [0.4, 0.5) is 0 Å². The third-order valence-corrected chi connectivity index (χ3v) is 4.30. The predicted octanol–water partition coefficient (Wildman–Crippen LogP) is 4.93. The maximum Gasteiger partial charge on any atom is -0.0156 e. The van der Waals surface area contributed by atoms with E-state index in [0.717, 1.165) is 5.92 Å². The SMILES string of the molecule is CCC1C[C@@H](C)c2cc(-c3ccccc3)ccc21.CN. The average Bonchev–Trinajstić information content (AvgIpc) is 2.86. The normalized spacial score (nSPS) is 20.0. The van der Waals surface area contributed by atoms with Crippen LogP contribution in [0.15, 0.2) is 48.5 Å². The second-order valence-electron chi connectivity index (χ2n) is 5.45. The van der Waals surface area contributed by atoms with Crippen molar-refractivity contribution < 1.29 is 0 Å². The first-order valence-electron chi connectivity index (χ1n) is 7.56. The van der Waals surface area contributed by atoms with Crippen LogP contribution in [0, 0.1) is 0 Å². The maximum absolute atomic E-state index is 4.50. The molecule has 0 heterocycles. The van der Waals surface area contributed by atoms with Gasteiger partial charge in [0.1, 0.15) is 0 Å². The summed E-state index contributed by atoms with van der Waals surface area (Å²) in [4.78, 5) is 0. The van der Waals surface area contributed by atoms with Crippen molar-refractivity contribution in [3.05, 3.63) is 59.7 Å². The molecule has 0 bridgehead atoms. The summed E-state index contributed by atoms with van der Waals surface area (Å²) in [5, 5.41) is 0. The Bertz CT molecular complexity index is 545. The smallest absolute Gasteiger partial charge is 0.0156 e. The van der Waals surface area contributed by atoms with Gasteiger partial charge in [0, 0.05) is 0 Å².